The van der Waals surface area contributed by atoms with Gasteiger partial charge in [-0.2, -0.15) is 4.31 Å². The van der Waals surface area contributed by atoms with Gasteiger partial charge in [0.2, 0.25) is 10.0 Å². The fourth-order valence-electron chi connectivity index (χ4n) is 3.31. The Morgan fingerprint density at radius 3 is 2.48 bits per heavy atom. The lowest BCUT2D eigenvalue weighted by molar-refractivity contribution is 0.0996. The summed E-state index contributed by atoms with van der Waals surface area (Å²) >= 11 is 0. The minimum Gasteiger partial charge on any atom is -0.459 e. The third kappa shape index (κ3) is 4.01. The highest BCUT2D eigenvalue weighted by Crippen LogP contribution is 2.32. The highest BCUT2D eigenvalue weighted by atomic mass is 32.2. The largest absolute Gasteiger partial charge is 0.459 e. The molecule has 0 aliphatic carbocycles. The van der Waals surface area contributed by atoms with Crippen LogP contribution in [0.4, 0.5) is 11.4 Å². The van der Waals surface area contributed by atoms with E-state index in [-0.39, 0.29) is 10.7 Å². The van der Waals surface area contributed by atoms with Crippen LogP contribution >= 0.6 is 0 Å². The van der Waals surface area contributed by atoms with E-state index in [4.69, 9.17) is 4.42 Å². The Bertz CT molecular complexity index is 884. The van der Waals surface area contributed by atoms with E-state index in [1.54, 1.807) is 44.2 Å². The highest BCUT2D eigenvalue weighted by molar-refractivity contribution is 7.89. The molecule has 1 aliphatic heterocycles. The molecule has 1 fully saturated rings. The number of carbonyl (C=O) groups excluding carboxylic acids is 1. The molecule has 1 aromatic carbocycles. The van der Waals surface area contributed by atoms with Gasteiger partial charge < -0.3 is 14.6 Å². The van der Waals surface area contributed by atoms with Gasteiger partial charge in [-0.3, -0.25) is 4.79 Å². The van der Waals surface area contributed by atoms with Gasteiger partial charge in [-0.1, -0.05) is 13.8 Å². The van der Waals surface area contributed by atoms with Crippen molar-refractivity contribution in [3.63, 3.8) is 0 Å². The van der Waals surface area contributed by atoms with Gasteiger partial charge in [0.25, 0.3) is 5.91 Å². The van der Waals surface area contributed by atoms with Crippen LogP contribution in [-0.2, 0) is 10.0 Å². The summed E-state index contributed by atoms with van der Waals surface area (Å²) < 4.78 is 32.3. The topological polar surface area (TPSA) is 82.9 Å². The number of nitrogens with one attached hydrogen (secondary N) is 1. The van der Waals surface area contributed by atoms with Gasteiger partial charge in [-0.05, 0) is 43.2 Å². The maximum atomic E-state index is 12.9. The molecule has 0 unspecified atom stereocenters. The van der Waals surface area contributed by atoms with Crippen molar-refractivity contribution >= 4 is 27.3 Å². The minimum absolute atomic E-state index is 0.170. The van der Waals surface area contributed by atoms with Gasteiger partial charge in [-0.15, -0.1) is 0 Å². The fourth-order valence-corrected chi connectivity index (χ4v) is 4.80. The molecule has 1 amide bonds. The first kappa shape index (κ1) is 19.4. The molecule has 27 heavy (non-hydrogen) atoms. The van der Waals surface area contributed by atoms with Crippen LogP contribution in [0, 0.1) is 0 Å². The molecule has 7 nitrogen and oxygen atoms in total. The second-order valence-corrected chi connectivity index (χ2v) is 8.33. The normalized spacial score (nSPS) is 14.7. The van der Waals surface area contributed by atoms with Crippen LogP contribution in [0.15, 0.2) is 45.9 Å². The molecular formula is C19H25N3O4S. The van der Waals surface area contributed by atoms with Crippen molar-refractivity contribution in [1.29, 1.82) is 0 Å². The van der Waals surface area contributed by atoms with Gasteiger partial charge in [0.1, 0.15) is 0 Å². The monoisotopic (exact) mass is 391 g/mol. The first-order valence-corrected chi connectivity index (χ1v) is 10.7. The van der Waals surface area contributed by atoms with E-state index in [2.05, 4.69) is 10.2 Å². The lowest BCUT2D eigenvalue weighted by Crippen LogP contribution is -2.31. The molecule has 2 heterocycles. The smallest absolute Gasteiger partial charge is 0.291 e. The maximum absolute atomic E-state index is 12.9. The van der Waals surface area contributed by atoms with E-state index in [1.165, 1.54) is 10.6 Å². The van der Waals surface area contributed by atoms with Crippen LogP contribution in [0.3, 0.4) is 0 Å². The molecule has 0 radical (unpaired) electrons. The summed E-state index contributed by atoms with van der Waals surface area (Å²) in [4.78, 5) is 14.8. The van der Waals surface area contributed by atoms with Crippen molar-refractivity contribution in [2.45, 2.75) is 31.6 Å². The quantitative estimate of drug-likeness (QED) is 0.784. The number of furan rings is 1. The number of nitrogens with zero attached hydrogens (tertiary/aromatic N) is 2. The first-order chi connectivity index (χ1) is 13.0. The number of carbonyl (C=O) groups is 1. The van der Waals surface area contributed by atoms with Crippen LogP contribution < -0.4 is 10.2 Å². The van der Waals surface area contributed by atoms with Crippen LogP contribution in [0.1, 0.15) is 37.2 Å². The van der Waals surface area contributed by atoms with Gasteiger partial charge in [0.15, 0.2) is 5.76 Å². The molecule has 0 atom stereocenters. The SMILES string of the molecule is CCN(CC)S(=O)(=O)c1ccc(N2CCCC2)c(NC(=O)c2ccco2)c1. The summed E-state index contributed by atoms with van der Waals surface area (Å²) in [5, 5.41) is 2.82. The molecule has 3 rings (SSSR count). The Balaban J connectivity index is 2.00. The van der Waals surface area contributed by atoms with E-state index < -0.39 is 15.9 Å². The summed E-state index contributed by atoms with van der Waals surface area (Å²) in [6.07, 6.45) is 3.58. The summed E-state index contributed by atoms with van der Waals surface area (Å²) in [6.45, 7) is 6.15. The summed E-state index contributed by atoms with van der Waals surface area (Å²) in [7, 11) is -3.61. The first-order valence-electron chi connectivity index (χ1n) is 9.21. The molecule has 1 aromatic heterocycles. The Hall–Kier alpha value is -2.32. The second-order valence-electron chi connectivity index (χ2n) is 6.39. The number of hydrogen-bond donors (Lipinski definition) is 1. The number of amides is 1. The highest BCUT2D eigenvalue weighted by Gasteiger charge is 2.25. The van der Waals surface area contributed by atoms with E-state index in [9.17, 15) is 13.2 Å². The third-order valence-electron chi connectivity index (χ3n) is 4.75. The predicted octanol–water partition coefficient (Wildman–Crippen LogP) is 3.16. The van der Waals surface area contributed by atoms with Crippen molar-refractivity contribution in [2.75, 3.05) is 36.4 Å². The van der Waals surface area contributed by atoms with Crippen molar-refractivity contribution in [3.05, 3.63) is 42.4 Å². The number of hydrogen-bond acceptors (Lipinski definition) is 5. The lowest BCUT2D eigenvalue weighted by Gasteiger charge is -2.24. The standard InChI is InChI=1S/C19H25N3O4S/c1-3-22(4-2)27(24,25)15-9-10-17(21-11-5-6-12-21)16(14-15)20-19(23)18-8-7-13-26-18/h7-10,13-14H,3-6,11-12H2,1-2H3,(H,20,23). The Morgan fingerprint density at radius 2 is 1.89 bits per heavy atom. The van der Waals surface area contributed by atoms with Crippen molar-refractivity contribution in [3.8, 4) is 0 Å². The molecule has 8 heteroatoms. The van der Waals surface area contributed by atoms with Crippen LogP contribution in [0.2, 0.25) is 0 Å². The van der Waals surface area contributed by atoms with E-state index in [0.717, 1.165) is 31.6 Å². The zero-order valence-electron chi connectivity index (χ0n) is 15.6. The number of anilines is 2. The Morgan fingerprint density at radius 1 is 1.19 bits per heavy atom. The number of benzene rings is 1. The van der Waals surface area contributed by atoms with Crippen LogP contribution in [-0.4, -0.2) is 44.8 Å². The van der Waals surface area contributed by atoms with E-state index >= 15 is 0 Å². The lowest BCUT2D eigenvalue weighted by atomic mass is 10.2. The molecule has 0 saturated carbocycles. The molecule has 0 bridgehead atoms. The molecular weight excluding hydrogens is 366 g/mol. The van der Waals surface area contributed by atoms with Gasteiger partial charge >= 0.3 is 0 Å². The van der Waals surface area contributed by atoms with E-state index in [0.29, 0.717) is 18.8 Å². The Labute approximate surface area is 160 Å². The zero-order valence-corrected chi connectivity index (χ0v) is 16.5. The molecule has 1 saturated heterocycles. The summed E-state index contributed by atoms with van der Waals surface area (Å²) in [6, 6.07) is 8.14. The minimum atomic E-state index is -3.61. The average Bonchev–Trinajstić information content (AvgIpc) is 3.36. The molecule has 1 aliphatic rings. The Kier molecular flexibility index (Phi) is 5.86. The van der Waals surface area contributed by atoms with Crippen molar-refractivity contribution in [2.24, 2.45) is 0 Å². The van der Waals surface area contributed by atoms with E-state index in [1.807, 2.05) is 0 Å². The zero-order chi connectivity index (χ0) is 19.4. The molecule has 146 valence electrons. The predicted molar refractivity (Wildman–Crippen MR) is 105 cm³/mol. The average molecular weight is 391 g/mol. The number of rotatable bonds is 7. The van der Waals surface area contributed by atoms with Crippen LogP contribution in [0.5, 0.6) is 0 Å². The van der Waals surface area contributed by atoms with Gasteiger partial charge in [0, 0.05) is 26.2 Å². The van der Waals surface area contributed by atoms with Crippen molar-refractivity contribution < 1.29 is 17.6 Å². The third-order valence-corrected chi connectivity index (χ3v) is 6.80. The van der Waals surface area contributed by atoms with Crippen molar-refractivity contribution in [1.82, 2.24) is 4.31 Å². The van der Waals surface area contributed by atoms with Gasteiger partial charge in [0.05, 0.1) is 22.5 Å². The van der Waals surface area contributed by atoms with Crippen LogP contribution in [0.25, 0.3) is 0 Å². The maximum Gasteiger partial charge on any atom is 0.291 e. The summed E-state index contributed by atoms with van der Waals surface area (Å²) in [5.74, 6) is -0.225. The second kappa shape index (κ2) is 8.14. The molecule has 1 N–H and O–H groups in total. The molecule has 2 aromatic rings. The van der Waals surface area contributed by atoms with Gasteiger partial charge in [-0.25, -0.2) is 8.42 Å². The summed E-state index contributed by atoms with van der Waals surface area (Å²) in [5.41, 5.74) is 1.30. The molecule has 0 spiro atoms. The fraction of sp³-hybridized carbons (Fsp3) is 0.421. The number of sulfonamides is 1.